The Morgan fingerprint density at radius 2 is 1.77 bits per heavy atom. The van der Waals surface area contributed by atoms with Gasteiger partial charge >= 0.3 is 0 Å². The van der Waals surface area contributed by atoms with Crippen LogP contribution in [0.1, 0.15) is 66.7 Å². The molecular weight excluding hydrogens is 272 g/mol. The van der Waals surface area contributed by atoms with Crippen LogP contribution in [0.4, 0.5) is 0 Å². The summed E-state index contributed by atoms with van der Waals surface area (Å²) in [6, 6.07) is 0. The third-order valence-corrected chi connectivity index (χ3v) is 6.63. The Balaban J connectivity index is 2.40. The maximum absolute atomic E-state index is 11.0. The molecule has 2 N–H and O–H groups in total. The van der Waals surface area contributed by atoms with Gasteiger partial charge in [-0.2, -0.15) is 0 Å². The normalized spacial score (nSPS) is 44.3. The summed E-state index contributed by atoms with van der Waals surface area (Å²) in [6.45, 7) is 14.5. The Bertz CT molecular complexity index is 458. The zero-order valence-corrected chi connectivity index (χ0v) is 15.0. The van der Waals surface area contributed by atoms with Gasteiger partial charge in [0.05, 0.1) is 11.2 Å². The summed E-state index contributed by atoms with van der Waals surface area (Å²) in [4.78, 5) is 0. The van der Waals surface area contributed by atoms with Crippen molar-refractivity contribution in [3.8, 4) is 0 Å². The van der Waals surface area contributed by atoms with E-state index in [1.807, 2.05) is 13.0 Å². The van der Waals surface area contributed by atoms with Crippen molar-refractivity contribution in [2.75, 3.05) is 0 Å². The van der Waals surface area contributed by atoms with Crippen LogP contribution in [-0.4, -0.2) is 21.4 Å². The van der Waals surface area contributed by atoms with Crippen LogP contribution in [0.3, 0.4) is 0 Å². The summed E-state index contributed by atoms with van der Waals surface area (Å²) in [5.74, 6) is 0.696. The first-order chi connectivity index (χ1) is 9.95. The predicted molar refractivity (Wildman–Crippen MR) is 92.5 cm³/mol. The Labute approximate surface area is 136 Å². The van der Waals surface area contributed by atoms with E-state index in [9.17, 15) is 10.2 Å². The number of aliphatic hydroxyl groups is 2. The Kier molecular flexibility index (Phi) is 4.43. The highest BCUT2D eigenvalue weighted by molar-refractivity contribution is 5.17. The van der Waals surface area contributed by atoms with Crippen molar-refractivity contribution in [3.05, 3.63) is 24.8 Å². The summed E-state index contributed by atoms with van der Waals surface area (Å²) >= 11 is 0. The monoisotopic (exact) mass is 306 g/mol. The van der Waals surface area contributed by atoms with Gasteiger partial charge < -0.3 is 10.2 Å². The van der Waals surface area contributed by atoms with Crippen molar-refractivity contribution < 1.29 is 10.2 Å². The molecule has 0 saturated heterocycles. The van der Waals surface area contributed by atoms with Crippen molar-refractivity contribution in [2.45, 2.75) is 77.9 Å². The van der Waals surface area contributed by atoms with Gasteiger partial charge in [-0.15, -0.1) is 0 Å². The van der Waals surface area contributed by atoms with E-state index in [4.69, 9.17) is 0 Å². The second kappa shape index (κ2) is 5.49. The summed E-state index contributed by atoms with van der Waals surface area (Å²) in [5, 5.41) is 21.2. The molecule has 0 aromatic carbocycles. The van der Waals surface area contributed by atoms with E-state index in [-0.39, 0.29) is 11.3 Å². The summed E-state index contributed by atoms with van der Waals surface area (Å²) in [5.41, 5.74) is -1.29. The molecule has 0 bridgehead atoms. The van der Waals surface area contributed by atoms with E-state index in [1.54, 1.807) is 13.0 Å². The van der Waals surface area contributed by atoms with Crippen molar-refractivity contribution >= 4 is 0 Å². The Morgan fingerprint density at radius 3 is 2.36 bits per heavy atom. The fraction of sp³-hybridized carbons (Fsp3) is 0.800. The second-order valence-electron chi connectivity index (χ2n) is 9.06. The molecule has 1 unspecified atom stereocenters. The molecule has 126 valence electrons. The topological polar surface area (TPSA) is 40.5 Å². The third-order valence-electron chi connectivity index (χ3n) is 6.63. The highest BCUT2D eigenvalue weighted by Crippen LogP contribution is 2.62. The van der Waals surface area contributed by atoms with Crippen LogP contribution in [0.5, 0.6) is 0 Å². The van der Waals surface area contributed by atoms with Crippen LogP contribution < -0.4 is 0 Å². The molecule has 0 radical (unpaired) electrons. The maximum Gasteiger partial charge on any atom is 0.0978 e. The van der Waals surface area contributed by atoms with E-state index in [2.05, 4.69) is 33.4 Å². The molecule has 0 aromatic heterocycles. The van der Waals surface area contributed by atoms with E-state index in [1.165, 1.54) is 12.8 Å². The fourth-order valence-corrected chi connectivity index (χ4v) is 5.35. The van der Waals surface area contributed by atoms with Crippen molar-refractivity contribution in [2.24, 2.45) is 22.7 Å². The molecule has 5 atom stereocenters. The van der Waals surface area contributed by atoms with Gasteiger partial charge in [-0.05, 0) is 56.3 Å². The third kappa shape index (κ3) is 3.05. The minimum Gasteiger partial charge on any atom is -0.390 e. The number of hydrogen-bond acceptors (Lipinski definition) is 2. The molecule has 0 amide bonds. The molecule has 2 nitrogen and oxygen atoms in total. The predicted octanol–water partition coefficient (Wildman–Crippen LogP) is 4.47. The molecule has 2 fully saturated rings. The van der Waals surface area contributed by atoms with Crippen molar-refractivity contribution in [1.82, 2.24) is 0 Å². The SMILES string of the molecule is C=CC(C)(O)/C=C/[C@@H]1[C@@]2(C)CCCC(C)(C)[C@@H]2CC[C@@]1(C)O. The molecule has 0 spiro atoms. The minimum atomic E-state index is -1.01. The molecule has 0 aromatic rings. The maximum atomic E-state index is 11.0. The van der Waals surface area contributed by atoms with Gasteiger partial charge in [0, 0.05) is 5.92 Å². The first kappa shape index (κ1) is 17.7. The average Bonchev–Trinajstić information content (AvgIpc) is 2.35. The smallest absolute Gasteiger partial charge is 0.0978 e. The zero-order valence-electron chi connectivity index (χ0n) is 15.0. The summed E-state index contributed by atoms with van der Waals surface area (Å²) in [7, 11) is 0. The van der Waals surface area contributed by atoms with E-state index < -0.39 is 11.2 Å². The van der Waals surface area contributed by atoms with Crippen LogP contribution in [0, 0.1) is 22.7 Å². The zero-order chi connectivity index (χ0) is 16.8. The van der Waals surface area contributed by atoms with Gasteiger partial charge in [-0.25, -0.2) is 0 Å². The van der Waals surface area contributed by atoms with Gasteiger partial charge in [-0.3, -0.25) is 0 Å². The number of fused-ring (bicyclic) bond motifs is 1. The van der Waals surface area contributed by atoms with Crippen molar-refractivity contribution in [1.29, 1.82) is 0 Å². The van der Waals surface area contributed by atoms with Crippen LogP contribution in [0.15, 0.2) is 24.8 Å². The molecule has 2 aliphatic carbocycles. The van der Waals surface area contributed by atoms with Gasteiger partial charge in [0.2, 0.25) is 0 Å². The van der Waals surface area contributed by atoms with Gasteiger partial charge in [0.15, 0.2) is 0 Å². The number of rotatable bonds is 3. The lowest BCUT2D eigenvalue weighted by Gasteiger charge is -2.60. The highest BCUT2D eigenvalue weighted by Gasteiger charge is 2.57. The highest BCUT2D eigenvalue weighted by atomic mass is 16.3. The van der Waals surface area contributed by atoms with Crippen LogP contribution in [0.25, 0.3) is 0 Å². The lowest BCUT2D eigenvalue weighted by atomic mass is 9.45. The lowest BCUT2D eigenvalue weighted by Crippen LogP contribution is -2.57. The van der Waals surface area contributed by atoms with Crippen LogP contribution >= 0.6 is 0 Å². The molecule has 2 saturated carbocycles. The van der Waals surface area contributed by atoms with Crippen LogP contribution in [0.2, 0.25) is 0 Å². The Hall–Kier alpha value is -0.600. The first-order valence-corrected chi connectivity index (χ1v) is 8.72. The second-order valence-corrected chi connectivity index (χ2v) is 9.06. The molecule has 0 heterocycles. The molecule has 22 heavy (non-hydrogen) atoms. The van der Waals surface area contributed by atoms with Gasteiger partial charge in [-0.1, -0.05) is 52.0 Å². The van der Waals surface area contributed by atoms with E-state index >= 15 is 0 Å². The minimum absolute atomic E-state index is 0.0738. The van der Waals surface area contributed by atoms with Gasteiger partial charge in [0.25, 0.3) is 0 Å². The molecule has 2 aliphatic rings. The molecular formula is C20H34O2. The molecule has 0 aliphatic heterocycles. The standard InChI is InChI=1S/C20H34O2/c1-7-18(4,21)13-9-16-19(5)12-8-11-17(2,3)15(19)10-14-20(16,6)22/h7,9,13,15-16,21-22H,1,8,10-12,14H2,2-6H3/b13-9+/t15-,16+,18?,19-,20+/m0/s1. The van der Waals surface area contributed by atoms with Crippen LogP contribution in [-0.2, 0) is 0 Å². The quantitative estimate of drug-likeness (QED) is 0.755. The number of hydrogen-bond donors (Lipinski definition) is 2. The van der Waals surface area contributed by atoms with Gasteiger partial charge in [0.1, 0.15) is 0 Å². The van der Waals surface area contributed by atoms with E-state index in [0.29, 0.717) is 11.3 Å². The molecule has 2 rings (SSSR count). The average molecular weight is 306 g/mol. The first-order valence-electron chi connectivity index (χ1n) is 8.72. The summed E-state index contributed by atoms with van der Waals surface area (Å²) in [6.07, 6.45) is 11.0. The van der Waals surface area contributed by atoms with Crippen molar-refractivity contribution in [3.63, 3.8) is 0 Å². The largest absolute Gasteiger partial charge is 0.390 e. The lowest BCUT2D eigenvalue weighted by molar-refractivity contribution is -0.149. The fourth-order valence-electron chi connectivity index (χ4n) is 5.35. The summed E-state index contributed by atoms with van der Waals surface area (Å²) < 4.78 is 0. The van der Waals surface area contributed by atoms with E-state index in [0.717, 1.165) is 19.3 Å². The Morgan fingerprint density at radius 1 is 1.14 bits per heavy atom. The molecule has 2 heteroatoms.